The van der Waals surface area contributed by atoms with Gasteiger partial charge in [-0.15, -0.1) is 0 Å². The maximum Gasteiger partial charge on any atom is 0.293 e. The van der Waals surface area contributed by atoms with Crippen LogP contribution in [0.15, 0.2) is 64.0 Å². The lowest BCUT2D eigenvalue weighted by atomic mass is 10.0. The zero-order valence-electron chi connectivity index (χ0n) is 16.1. The Morgan fingerprint density at radius 1 is 1.13 bits per heavy atom. The van der Waals surface area contributed by atoms with Gasteiger partial charge in [-0.25, -0.2) is 0 Å². The fourth-order valence-corrected chi connectivity index (χ4v) is 4.59. The van der Waals surface area contributed by atoms with E-state index in [2.05, 4.69) is 15.9 Å². The van der Waals surface area contributed by atoms with Crippen molar-refractivity contribution in [2.75, 3.05) is 6.61 Å². The predicted octanol–water partition coefficient (Wildman–Crippen LogP) is 5.94. The van der Waals surface area contributed by atoms with Crippen LogP contribution in [-0.4, -0.2) is 27.8 Å². The highest BCUT2D eigenvalue weighted by atomic mass is 79.9. The second-order valence-electron chi connectivity index (χ2n) is 6.68. The number of phenols is 1. The van der Waals surface area contributed by atoms with Gasteiger partial charge in [0.1, 0.15) is 0 Å². The van der Waals surface area contributed by atoms with E-state index in [1.54, 1.807) is 12.1 Å². The maximum absolute atomic E-state index is 13.0. The molecule has 3 aromatic carbocycles. The molecule has 5 nitrogen and oxygen atoms in total. The lowest BCUT2D eigenvalue weighted by Crippen LogP contribution is -2.27. The molecule has 0 radical (unpaired) electrons. The maximum atomic E-state index is 13.0. The van der Waals surface area contributed by atoms with Gasteiger partial charge in [-0.2, -0.15) is 0 Å². The molecule has 0 aromatic heterocycles. The van der Waals surface area contributed by atoms with Gasteiger partial charge in [0.15, 0.2) is 11.5 Å². The van der Waals surface area contributed by atoms with E-state index in [9.17, 15) is 14.7 Å². The number of benzene rings is 3. The summed E-state index contributed by atoms with van der Waals surface area (Å²) in [6, 6.07) is 16.9. The predicted molar refractivity (Wildman–Crippen MR) is 122 cm³/mol. The first-order valence-corrected chi connectivity index (χ1v) is 11.0. The summed E-state index contributed by atoms with van der Waals surface area (Å²) in [5.74, 6) is -0.0114. The number of halogens is 1. The molecule has 0 aliphatic carbocycles. The Balaban J connectivity index is 1.64. The molecule has 4 rings (SSSR count). The van der Waals surface area contributed by atoms with E-state index in [0.29, 0.717) is 27.3 Å². The van der Waals surface area contributed by atoms with Crippen LogP contribution in [0.3, 0.4) is 0 Å². The highest BCUT2D eigenvalue weighted by Crippen LogP contribution is 2.38. The minimum absolute atomic E-state index is 0.00457. The van der Waals surface area contributed by atoms with Crippen LogP contribution in [0.5, 0.6) is 11.5 Å². The van der Waals surface area contributed by atoms with Gasteiger partial charge in [-0.3, -0.25) is 14.5 Å². The summed E-state index contributed by atoms with van der Waals surface area (Å²) >= 11 is 4.30. The molecule has 1 heterocycles. The summed E-state index contributed by atoms with van der Waals surface area (Å²) in [4.78, 5) is 27.1. The highest BCUT2D eigenvalue weighted by molar-refractivity contribution is 9.10. The number of amides is 2. The molecule has 1 aliphatic heterocycles. The lowest BCUT2D eigenvalue weighted by molar-refractivity contribution is -0.123. The molecule has 3 aromatic rings. The SMILES string of the molecule is CCOc1cc(/C=C2\SC(=O)N(Cc3cccc4ccccc34)C2=O)c(Br)cc1O. The number of carbonyl (C=O) groups excluding carboxylic acids is 2. The van der Waals surface area contributed by atoms with Crippen molar-refractivity contribution in [2.24, 2.45) is 0 Å². The van der Waals surface area contributed by atoms with Gasteiger partial charge >= 0.3 is 0 Å². The van der Waals surface area contributed by atoms with Crippen LogP contribution in [0.1, 0.15) is 18.1 Å². The fraction of sp³-hybridized carbons (Fsp3) is 0.130. The third-order valence-corrected chi connectivity index (χ3v) is 6.34. The first-order chi connectivity index (χ1) is 14.5. The Morgan fingerprint density at radius 2 is 1.90 bits per heavy atom. The number of imide groups is 1. The van der Waals surface area contributed by atoms with Crippen molar-refractivity contribution in [3.8, 4) is 11.5 Å². The van der Waals surface area contributed by atoms with E-state index in [1.807, 2.05) is 49.4 Å². The lowest BCUT2D eigenvalue weighted by Gasteiger charge is -2.14. The van der Waals surface area contributed by atoms with Crippen LogP contribution in [-0.2, 0) is 11.3 Å². The van der Waals surface area contributed by atoms with E-state index in [-0.39, 0.29) is 23.4 Å². The largest absolute Gasteiger partial charge is 0.504 e. The number of aromatic hydroxyl groups is 1. The summed E-state index contributed by atoms with van der Waals surface area (Å²) in [6.45, 7) is 2.43. The topological polar surface area (TPSA) is 66.8 Å². The van der Waals surface area contributed by atoms with Gasteiger partial charge in [0.25, 0.3) is 11.1 Å². The van der Waals surface area contributed by atoms with Crippen molar-refractivity contribution in [3.05, 3.63) is 75.1 Å². The molecule has 1 fully saturated rings. The Morgan fingerprint density at radius 3 is 2.70 bits per heavy atom. The molecule has 152 valence electrons. The molecule has 0 bridgehead atoms. The summed E-state index contributed by atoms with van der Waals surface area (Å²) in [5.41, 5.74) is 1.56. The van der Waals surface area contributed by atoms with Crippen LogP contribution in [0.2, 0.25) is 0 Å². The van der Waals surface area contributed by atoms with Crippen molar-refractivity contribution in [3.63, 3.8) is 0 Å². The molecule has 1 aliphatic rings. The second kappa shape index (κ2) is 8.53. The number of phenolic OH excluding ortho intramolecular Hbond substituents is 1. The van der Waals surface area contributed by atoms with Gasteiger partial charge in [0, 0.05) is 4.47 Å². The van der Waals surface area contributed by atoms with Crippen molar-refractivity contribution in [1.82, 2.24) is 4.90 Å². The van der Waals surface area contributed by atoms with Gasteiger partial charge in [0.2, 0.25) is 0 Å². The zero-order chi connectivity index (χ0) is 21.3. The summed E-state index contributed by atoms with van der Waals surface area (Å²) in [5, 5.41) is 11.8. The Hall–Kier alpha value is -2.77. The summed E-state index contributed by atoms with van der Waals surface area (Å²) in [6.07, 6.45) is 1.64. The highest BCUT2D eigenvalue weighted by Gasteiger charge is 2.35. The molecule has 0 saturated carbocycles. The molecular formula is C23H18BrNO4S. The molecule has 0 atom stereocenters. The zero-order valence-corrected chi connectivity index (χ0v) is 18.5. The number of nitrogens with zero attached hydrogens (tertiary/aromatic N) is 1. The van der Waals surface area contributed by atoms with Crippen LogP contribution >= 0.6 is 27.7 Å². The second-order valence-corrected chi connectivity index (χ2v) is 8.53. The Kier molecular flexibility index (Phi) is 5.83. The van der Waals surface area contributed by atoms with E-state index < -0.39 is 0 Å². The minimum Gasteiger partial charge on any atom is -0.504 e. The number of thioether (sulfide) groups is 1. The third-order valence-electron chi connectivity index (χ3n) is 4.75. The van der Waals surface area contributed by atoms with Gasteiger partial charge in [-0.1, -0.05) is 58.4 Å². The standard InChI is InChI=1S/C23H18BrNO4S/c1-2-29-20-10-16(18(24)12-19(20)26)11-21-22(27)25(23(28)30-21)13-15-8-5-7-14-6-3-4-9-17(14)15/h3-12,26H,2,13H2,1H3/b21-11-. The fourth-order valence-electron chi connectivity index (χ4n) is 3.32. The van der Waals surface area contributed by atoms with Crippen LogP contribution in [0.25, 0.3) is 16.8 Å². The number of carbonyl (C=O) groups is 2. The van der Waals surface area contributed by atoms with E-state index in [1.165, 1.54) is 11.0 Å². The van der Waals surface area contributed by atoms with Crippen LogP contribution in [0, 0.1) is 0 Å². The molecule has 1 N–H and O–H groups in total. The first-order valence-electron chi connectivity index (χ1n) is 9.35. The van der Waals surface area contributed by atoms with Crippen LogP contribution < -0.4 is 4.74 Å². The third kappa shape index (κ3) is 3.95. The Labute approximate surface area is 186 Å². The van der Waals surface area contributed by atoms with Crippen molar-refractivity contribution < 1.29 is 19.4 Å². The molecule has 0 unspecified atom stereocenters. The van der Waals surface area contributed by atoms with E-state index in [0.717, 1.165) is 28.1 Å². The summed E-state index contributed by atoms with van der Waals surface area (Å²) < 4.78 is 6.02. The Bertz CT molecular complexity index is 1190. The molecular weight excluding hydrogens is 466 g/mol. The number of rotatable bonds is 5. The number of fused-ring (bicyclic) bond motifs is 1. The average Bonchev–Trinajstić information content (AvgIpc) is 2.99. The molecule has 30 heavy (non-hydrogen) atoms. The normalized spacial score (nSPS) is 15.4. The number of hydrogen-bond donors (Lipinski definition) is 1. The van der Waals surface area contributed by atoms with Crippen LogP contribution in [0.4, 0.5) is 4.79 Å². The smallest absolute Gasteiger partial charge is 0.293 e. The van der Waals surface area contributed by atoms with Crippen molar-refractivity contribution >= 4 is 55.7 Å². The van der Waals surface area contributed by atoms with Gasteiger partial charge in [0.05, 0.1) is 18.1 Å². The number of ether oxygens (including phenoxy) is 1. The average molecular weight is 484 g/mol. The number of hydrogen-bond acceptors (Lipinski definition) is 5. The molecule has 2 amide bonds. The van der Waals surface area contributed by atoms with Crippen molar-refractivity contribution in [2.45, 2.75) is 13.5 Å². The quantitative estimate of drug-likeness (QED) is 0.454. The molecule has 0 spiro atoms. The molecule has 1 saturated heterocycles. The molecule has 7 heteroatoms. The van der Waals surface area contributed by atoms with Crippen molar-refractivity contribution in [1.29, 1.82) is 0 Å². The van der Waals surface area contributed by atoms with E-state index in [4.69, 9.17) is 4.74 Å². The van der Waals surface area contributed by atoms with E-state index >= 15 is 0 Å². The first kappa shape index (κ1) is 20.5. The van der Waals surface area contributed by atoms with Gasteiger partial charge < -0.3 is 9.84 Å². The minimum atomic E-state index is -0.337. The summed E-state index contributed by atoms with van der Waals surface area (Å²) in [7, 11) is 0. The van der Waals surface area contributed by atoms with Gasteiger partial charge in [-0.05, 0) is 58.8 Å². The monoisotopic (exact) mass is 483 g/mol.